The van der Waals surface area contributed by atoms with Crippen LogP contribution in [0.5, 0.6) is 5.75 Å². The van der Waals surface area contributed by atoms with Gasteiger partial charge in [0.15, 0.2) is 0 Å². The molecule has 3 heteroatoms. The molecule has 0 heterocycles. The normalized spacial score (nSPS) is 21.2. The van der Waals surface area contributed by atoms with Crippen molar-refractivity contribution in [2.75, 3.05) is 26.5 Å². The number of hydrogen-bond donors (Lipinski definition) is 1. The second-order valence-corrected chi connectivity index (χ2v) is 6.85. The fourth-order valence-electron chi connectivity index (χ4n) is 3.11. The number of nitrogens with one attached hydrogen (secondary N) is 1. The molecule has 1 saturated carbocycles. The van der Waals surface area contributed by atoms with Crippen molar-refractivity contribution < 1.29 is 4.74 Å². The number of nitrogens with zero attached hydrogens (tertiary/aromatic N) is 1. The Morgan fingerprint density at radius 2 is 2.10 bits per heavy atom. The molecule has 0 spiro atoms. The summed E-state index contributed by atoms with van der Waals surface area (Å²) in [6, 6.07) is 6.98. The standard InChI is InChI=1S/C17H28N2O/c1-17(2)10-6-7-16(17)18-14-11-13(12-19(3)4)8-9-15(14)20-5/h8-9,11,16,18H,6-7,10,12H2,1-5H3. The first-order valence-electron chi connectivity index (χ1n) is 7.50. The number of methoxy groups -OCH3 is 1. The molecule has 112 valence electrons. The molecule has 1 aliphatic carbocycles. The smallest absolute Gasteiger partial charge is 0.141 e. The minimum atomic E-state index is 0.364. The second kappa shape index (κ2) is 6.04. The molecular weight excluding hydrogens is 248 g/mol. The summed E-state index contributed by atoms with van der Waals surface area (Å²) in [5.41, 5.74) is 2.81. The summed E-state index contributed by atoms with van der Waals surface area (Å²) < 4.78 is 5.51. The van der Waals surface area contributed by atoms with Crippen LogP contribution in [0, 0.1) is 5.41 Å². The summed E-state index contributed by atoms with van der Waals surface area (Å²) in [7, 11) is 5.93. The van der Waals surface area contributed by atoms with Crippen LogP contribution in [0.1, 0.15) is 38.7 Å². The monoisotopic (exact) mass is 276 g/mol. The molecule has 1 N–H and O–H groups in total. The van der Waals surface area contributed by atoms with E-state index in [4.69, 9.17) is 4.74 Å². The summed E-state index contributed by atoms with van der Waals surface area (Å²) in [5, 5.41) is 3.72. The molecule has 1 atom stereocenters. The predicted octanol–water partition coefficient (Wildman–Crippen LogP) is 3.75. The van der Waals surface area contributed by atoms with E-state index in [1.807, 2.05) is 0 Å². The molecule has 1 unspecified atom stereocenters. The van der Waals surface area contributed by atoms with Gasteiger partial charge in [0, 0.05) is 12.6 Å². The van der Waals surface area contributed by atoms with Crippen molar-refractivity contribution in [2.45, 2.75) is 45.7 Å². The van der Waals surface area contributed by atoms with Gasteiger partial charge in [-0.05, 0) is 50.0 Å². The quantitative estimate of drug-likeness (QED) is 0.886. The number of ether oxygens (including phenoxy) is 1. The van der Waals surface area contributed by atoms with Crippen LogP contribution < -0.4 is 10.1 Å². The average molecular weight is 276 g/mol. The third kappa shape index (κ3) is 3.45. The van der Waals surface area contributed by atoms with Crippen molar-refractivity contribution in [1.82, 2.24) is 4.90 Å². The van der Waals surface area contributed by atoms with Crippen LogP contribution in [0.3, 0.4) is 0 Å². The molecule has 1 aliphatic rings. The molecule has 2 rings (SSSR count). The number of benzene rings is 1. The molecule has 0 amide bonds. The van der Waals surface area contributed by atoms with Gasteiger partial charge >= 0.3 is 0 Å². The van der Waals surface area contributed by atoms with Gasteiger partial charge in [0.1, 0.15) is 5.75 Å². The second-order valence-electron chi connectivity index (χ2n) is 6.85. The maximum absolute atomic E-state index is 5.51. The SMILES string of the molecule is COc1ccc(CN(C)C)cc1NC1CCCC1(C)C. The Hall–Kier alpha value is -1.22. The summed E-state index contributed by atoms with van der Waals surface area (Å²) in [4.78, 5) is 2.19. The highest BCUT2D eigenvalue weighted by molar-refractivity contribution is 5.59. The molecule has 0 aromatic heterocycles. The molecule has 3 nitrogen and oxygen atoms in total. The Morgan fingerprint density at radius 1 is 1.35 bits per heavy atom. The van der Waals surface area contributed by atoms with E-state index in [2.05, 4.69) is 56.4 Å². The van der Waals surface area contributed by atoms with Crippen LogP contribution in [0.25, 0.3) is 0 Å². The Kier molecular flexibility index (Phi) is 4.59. The first kappa shape index (κ1) is 15.2. The van der Waals surface area contributed by atoms with E-state index < -0.39 is 0 Å². The van der Waals surface area contributed by atoms with Gasteiger partial charge in [0.05, 0.1) is 12.8 Å². The third-order valence-electron chi connectivity index (χ3n) is 4.35. The maximum atomic E-state index is 5.51. The highest BCUT2D eigenvalue weighted by atomic mass is 16.5. The zero-order valence-electron chi connectivity index (χ0n) is 13.5. The summed E-state index contributed by atoms with van der Waals surface area (Å²) in [5.74, 6) is 0.940. The Bertz CT molecular complexity index is 454. The van der Waals surface area contributed by atoms with Crippen LogP contribution in [0.4, 0.5) is 5.69 Å². The van der Waals surface area contributed by atoms with Crippen molar-refractivity contribution in [2.24, 2.45) is 5.41 Å². The molecule has 0 saturated heterocycles. The van der Waals surface area contributed by atoms with Crippen molar-refractivity contribution in [3.8, 4) is 5.75 Å². The summed E-state index contributed by atoms with van der Waals surface area (Å²) in [6.07, 6.45) is 3.85. The maximum Gasteiger partial charge on any atom is 0.141 e. The fraction of sp³-hybridized carbons (Fsp3) is 0.647. The number of anilines is 1. The lowest BCUT2D eigenvalue weighted by molar-refractivity contribution is 0.348. The average Bonchev–Trinajstić information content (AvgIpc) is 2.68. The molecule has 0 aliphatic heterocycles. The van der Waals surface area contributed by atoms with Gasteiger partial charge in [-0.15, -0.1) is 0 Å². The molecule has 1 fully saturated rings. The van der Waals surface area contributed by atoms with E-state index in [0.29, 0.717) is 11.5 Å². The van der Waals surface area contributed by atoms with E-state index in [0.717, 1.165) is 18.0 Å². The van der Waals surface area contributed by atoms with Crippen molar-refractivity contribution >= 4 is 5.69 Å². The first-order chi connectivity index (χ1) is 9.42. The number of rotatable bonds is 5. The van der Waals surface area contributed by atoms with Crippen LogP contribution >= 0.6 is 0 Å². The highest BCUT2D eigenvalue weighted by Crippen LogP contribution is 2.40. The van der Waals surface area contributed by atoms with Gasteiger partial charge < -0.3 is 15.0 Å². The molecule has 20 heavy (non-hydrogen) atoms. The largest absolute Gasteiger partial charge is 0.495 e. The van der Waals surface area contributed by atoms with Crippen molar-refractivity contribution in [1.29, 1.82) is 0 Å². The van der Waals surface area contributed by atoms with E-state index >= 15 is 0 Å². The van der Waals surface area contributed by atoms with E-state index in [9.17, 15) is 0 Å². The molecule has 1 aromatic rings. The van der Waals surface area contributed by atoms with Crippen LogP contribution in [0.15, 0.2) is 18.2 Å². The zero-order valence-corrected chi connectivity index (χ0v) is 13.5. The van der Waals surface area contributed by atoms with Gasteiger partial charge in [-0.2, -0.15) is 0 Å². The van der Waals surface area contributed by atoms with Gasteiger partial charge in [-0.3, -0.25) is 0 Å². The van der Waals surface area contributed by atoms with Crippen LogP contribution in [0.2, 0.25) is 0 Å². The van der Waals surface area contributed by atoms with E-state index in [-0.39, 0.29) is 0 Å². The fourth-order valence-corrected chi connectivity index (χ4v) is 3.11. The molecule has 0 radical (unpaired) electrons. The minimum absolute atomic E-state index is 0.364. The summed E-state index contributed by atoms with van der Waals surface area (Å²) >= 11 is 0. The van der Waals surface area contributed by atoms with Crippen molar-refractivity contribution in [3.63, 3.8) is 0 Å². The Labute approximate surface area is 123 Å². The van der Waals surface area contributed by atoms with Gasteiger partial charge in [-0.25, -0.2) is 0 Å². The van der Waals surface area contributed by atoms with Crippen LogP contribution in [-0.2, 0) is 6.54 Å². The summed E-state index contributed by atoms with van der Waals surface area (Å²) in [6.45, 7) is 5.66. The third-order valence-corrected chi connectivity index (χ3v) is 4.35. The lowest BCUT2D eigenvalue weighted by Crippen LogP contribution is -2.31. The first-order valence-corrected chi connectivity index (χ1v) is 7.50. The minimum Gasteiger partial charge on any atom is -0.495 e. The van der Waals surface area contributed by atoms with Gasteiger partial charge in [0.2, 0.25) is 0 Å². The molecule has 0 bridgehead atoms. The van der Waals surface area contributed by atoms with Gasteiger partial charge in [0.25, 0.3) is 0 Å². The lowest BCUT2D eigenvalue weighted by Gasteiger charge is -2.29. The van der Waals surface area contributed by atoms with Gasteiger partial charge in [-0.1, -0.05) is 26.3 Å². The number of hydrogen-bond acceptors (Lipinski definition) is 3. The predicted molar refractivity (Wildman–Crippen MR) is 85.4 cm³/mol. The van der Waals surface area contributed by atoms with Crippen LogP contribution in [-0.4, -0.2) is 32.1 Å². The Morgan fingerprint density at radius 3 is 2.65 bits per heavy atom. The lowest BCUT2D eigenvalue weighted by atomic mass is 9.87. The van der Waals surface area contributed by atoms with E-state index in [1.165, 1.54) is 24.8 Å². The molecule has 1 aromatic carbocycles. The topological polar surface area (TPSA) is 24.5 Å². The zero-order chi connectivity index (χ0) is 14.8. The van der Waals surface area contributed by atoms with E-state index in [1.54, 1.807) is 7.11 Å². The molecular formula is C17H28N2O. The Balaban J connectivity index is 2.20. The van der Waals surface area contributed by atoms with Crippen molar-refractivity contribution in [3.05, 3.63) is 23.8 Å². The highest BCUT2D eigenvalue weighted by Gasteiger charge is 2.34.